The lowest BCUT2D eigenvalue weighted by molar-refractivity contribution is -0.164. The van der Waals surface area contributed by atoms with E-state index in [-0.39, 0.29) is 50.5 Å². The molecule has 0 aliphatic heterocycles. The molecule has 2 rings (SSSR count). The number of fused-ring (bicyclic) bond motifs is 1. The molecular formula is C20H26O8. The zero-order chi connectivity index (χ0) is 21.3. The monoisotopic (exact) mass is 394 g/mol. The zero-order valence-electron chi connectivity index (χ0n) is 16.7. The highest BCUT2D eigenvalue weighted by molar-refractivity contribution is 6.17. The molecule has 0 aromatic rings. The third-order valence-electron chi connectivity index (χ3n) is 5.67. The van der Waals surface area contributed by atoms with Crippen LogP contribution in [-0.4, -0.2) is 48.3 Å². The number of ether oxygens (including phenoxy) is 2. The van der Waals surface area contributed by atoms with Gasteiger partial charge in [0.05, 0.1) is 13.2 Å². The van der Waals surface area contributed by atoms with E-state index in [1.807, 2.05) is 0 Å². The van der Waals surface area contributed by atoms with Crippen LogP contribution in [-0.2, 0) is 38.2 Å². The average Bonchev–Trinajstić information content (AvgIpc) is 3.01. The van der Waals surface area contributed by atoms with Gasteiger partial charge in [-0.2, -0.15) is 0 Å². The standard InChI is InChI=1S/C20H26O8/c1-5-27-17(25)19(7-11(3)21)9-13-14(15(19)23)10-20(16(13)24,8-12(4)22)18(26)28-6-2/h13-14H,5-10H2,1-4H3. The molecule has 2 aliphatic rings. The van der Waals surface area contributed by atoms with Crippen LogP contribution in [0.1, 0.15) is 53.4 Å². The van der Waals surface area contributed by atoms with Gasteiger partial charge in [0.15, 0.2) is 11.6 Å². The quantitative estimate of drug-likeness (QED) is 0.445. The SMILES string of the molecule is CCOC(=O)C1(CC(C)=O)CC2C(=O)C(CC(C)=O)(C(=O)OCC)CC2C1=O. The molecular weight excluding hydrogens is 368 g/mol. The van der Waals surface area contributed by atoms with E-state index >= 15 is 0 Å². The molecule has 0 aromatic carbocycles. The van der Waals surface area contributed by atoms with Crippen LogP contribution in [0, 0.1) is 22.7 Å². The minimum Gasteiger partial charge on any atom is -0.465 e. The van der Waals surface area contributed by atoms with Crippen LogP contribution >= 0.6 is 0 Å². The molecule has 2 saturated carbocycles. The van der Waals surface area contributed by atoms with E-state index in [0.717, 1.165) is 0 Å². The Morgan fingerprint density at radius 3 is 1.36 bits per heavy atom. The lowest BCUT2D eigenvalue weighted by Gasteiger charge is -2.29. The molecule has 0 radical (unpaired) electrons. The van der Waals surface area contributed by atoms with Crippen LogP contribution in [0.4, 0.5) is 0 Å². The first-order valence-electron chi connectivity index (χ1n) is 9.47. The van der Waals surface area contributed by atoms with Crippen molar-refractivity contribution >= 4 is 35.1 Å². The summed E-state index contributed by atoms with van der Waals surface area (Å²) in [5, 5.41) is 0. The third kappa shape index (κ3) is 3.40. The fourth-order valence-corrected chi connectivity index (χ4v) is 4.72. The summed E-state index contributed by atoms with van der Waals surface area (Å²) in [5.41, 5.74) is -3.41. The van der Waals surface area contributed by atoms with Gasteiger partial charge in [0.25, 0.3) is 0 Å². The molecule has 2 fully saturated rings. The Labute approximate surface area is 163 Å². The second-order valence-electron chi connectivity index (χ2n) is 7.71. The predicted molar refractivity (Wildman–Crippen MR) is 95.0 cm³/mol. The first kappa shape index (κ1) is 21.9. The predicted octanol–water partition coefficient (Wildman–Crippen LogP) is 1.22. The van der Waals surface area contributed by atoms with Crippen molar-refractivity contribution in [2.75, 3.05) is 13.2 Å². The van der Waals surface area contributed by atoms with E-state index in [9.17, 15) is 28.8 Å². The van der Waals surface area contributed by atoms with E-state index < -0.39 is 46.2 Å². The maximum absolute atomic E-state index is 13.2. The van der Waals surface area contributed by atoms with Gasteiger partial charge in [-0.05, 0) is 40.5 Å². The van der Waals surface area contributed by atoms with E-state index in [2.05, 4.69) is 0 Å². The lowest BCUT2D eigenvalue weighted by Crippen LogP contribution is -2.44. The fraction of sp³-hybridized carbons (Fsp3) is 0.700. The van der Waals surface area contributed by atoms with Gasteiger partial charge >= 0.3 is 11.9 Å². The highest BCUT2D eigenvalue weighted by Gasteiger charge is 2.69. The molecule has 8 heteroatoms. The van der Waals surface area contributed by atoms with Gasteiger partial charge < -0.3 is 9.47 Å². The van der Waals surface area contributed by atoms with Gasteiger partial charge in [0, 0.05) is 24.7 Å². The molecule has 0 bridgehead atoms. The number of ketones is 4. The van der Waals surface area contributed by atoms with Crippen LogP contribution in [0.25, 0.3) is 0 Å². The van der Waals surface area contributed by atoms with Crippen molar-refractivity contribution in [3.05, 3.63) is 0 Å². The molecule has 28 heavy (non-hydrogen) atoms. The summed E-state index contributed by atoms with van der Waals surface area (Å²) in [7, 11) is 0. The van der Waals surface area contributed by atoms with Gasteiger partial charge in [-0.1, -0.05) is 0 Å². The van der Waals surface area contributed by atoms with Crippen LogP contribution < -0.4 is 0 Å². The molecule has 2 aliphatic carbocycles. The summed E-state index contributed by atoms with van der Waals surface area (Å²) in [4.78, 5) is 75.1. The van der Waals surface area contributed by atoms with Crippen LogP contribution in [0.15, 0.2) is 0 Å². The molecule has 0 amide bonds. The Bertz CT molecular complexity index is 676. The number of hydrogen-bond acceptors (Lipinski definition) is 8. The number of rotatable bonds is 8. The number of hydrogen-bond donors (Lipinski definition) is 0. The van der Waals surface area contributed by atoms with Gasteiger partial charge in [-0.15, -0.1) is 0 Å². The molecule has 0 saturated heterocycles. The Balaban J connectivity index is 2.45. The Kier molecular flexibility index (Phi) is 6.21. The second kappa shape index (κ2) is 7.93. The van der Waals surface area contributed by atoms with Crippen molar-refractivity contribution < 1.29 is 38.2 Å². The van der Waals surface area contributed by atoms with Crippen LogP contribution in [0.5, 0.6) is 0 Å². The van der Waals surface area contributed by atoms with Crippen molar-refractivity contribution in [2.24, 2.45) is 22.7 Å². The van der Waals surface area contributed by atoms with Crippen molar-refractivity contribution in [3.63, 3.8) is 0 Å². The third-order valence-corrected chi connectivity index (χ3v) is 5.67. The van der Waals surface area contributed by atoms with Crippen molar-refractivity contribution in [2.45, 2.75) is 53.4 Å². The minimum absolute atomic E-state index is 0.0339. The summed E-state index contributed by atoms with van der Waals surface area (Å²) >= 11 is 0. The van der Waals surface area contributed by atoms with Crippen molar-refractivity contribution in [1.29, 1.82) is 0 Å². The summed E-state index contributed by atoms with van der Waals surface area (Å²) in [6.07, 6.45) is -1.06. The Morgan fingerprint density at radius 2 is 1.11 bits per heavy atom. The summed E-state index contributed by atoms with van der Waals surface area (Å²) in [6.45, 7) is 5.77. The average molecular weight is 394 g/mol. The Hall–Kier alpha value is -2.38. The number of esters is 2. The van der Waals surface area contributed by atoms with Crippen molar-refractivity contribution in [1.82, 2.24) is 0 Å². The number of carbonyl (C=O) groups is 6. The molecule has 8 nitrogen and oxygen atoms in total. The lowest BCUT2D eigenvalue weighted by atomic mass is 9.72. The first-order chi connectivity index (χ1) is 13.1. The maximum Gasteiger partial charge on any atom is 0.320 e. The molecule has 154 valence electrons. The van der Waals surface area contributed by atoms with Gasteiger partial charge in [0.1, 0.15) is 22.4 Å². The van der Waals surface area contributed by atoms with E-state index in [1.54, 1.807) is 13.8 Å². The van der Waals surface area contributed by atoms with E-state index in [1.165, 1.54) is 13.8 Å². The van der Waals surface area contributed by atoms with Crippen LogP contribution in [0.3, 0.4) is 0 Å². The second-order valence-corrected chi connectivity index (χ2v) is 7.71. The smallest absolute Gasteiger partial charge is 0.320 e. The number of Topliss-reactive ketones (excluding diaryl/α,β-unsaturated/α-hetero) is 4. The molecule has 0 N–H and O–H groups in total. The highest BCUT2D eigenvalue weighted by atomic mass is 16.5. The largest absolute Gasteiger partial charge is 0.465 e. The van der Waals surface area contributed by atoms with E-state index in [4.69, 9.17) is 9.47 Å². The summed E-state index contributed by atoms with van der Waals surface area (Å²) in [6, 6.07) is 0. The van der Waals surface area contributed by atoms with Gasteiger partial charge in [-0.25, -0.2) is 0 Å². The van der Waals surface area contributed by atoms with Gasteiger partial charge in [0.2, 0.25) is 0 Å². The summed E-state index contributed by atoms with van der Waals surface area (Å²) < 4.78 is 10.1. The van der Waals surface area contributed by atoms with E-state index in [0.29, 0.717) is 0 Å². The normalized spacial score (nSPS) is 31.4. The molecule has 4 unspecified atom stereocenters. The minimum atomic E-state index is -1.70. The van der Waals surface area contributed by atoms with Crippen molar-refractivity contribution in [3.8, 4) is 0 Å². The summed E-state index contributed by atoms with van der Waals surface area (Å²) in [5.74, 6) is -5.32. The first-order valence-corrected chi connectivity index (χ1v) is 9.47. The van der Waals surface area contributed by atoms with Crippen LogP contribution in [0.2, 0.25) is 0 Å². The fourth-order valence-electron chi connectivity index (χ4n) is 4.72. The Morgan fingerprint density at radius 1 is 0.786 bits per heavy atom. The molecule has 0 heterocycles. The topological polar surface area (TPSA) is 121 Å². The highest BCUT2D eigenvalue weighted by Crippen LogP contribution is 2.57. The molecule has 4 atom stereocenters. The zero-order valence-corrected chi connectivity index (χ0v) is 16.7. The molecule has 0 aromatic heterocycles. The number of carbonyl (C=O) groups excluding carboxylic acids is 6. The maximum atomic E-state index is 13.2. The van der Waals surface area contributed by atoms with Gasteiger partial charge in [-0.3, -0.25) is 28.8 Å². The molecule has 0 spiro atoms.